The second-order valence-electron chi connectivity index (χ2n) is 10.3. The van der Waals surface area contributed by atoms with E-state index in [-0.39, 0.29) is 41.6 Å². The van der Waals surface area contributed by atoms with E-state index in [1.165, 1.54) is 54.5 Å². The Bertz CT molecular complexity index is 1260. The molecular weight excluding hydrogens is 496 g/mol. The molecule has 3 aromatic rings. The van der Waals surface area contributed by atoms with Crippen LogP contribution in [0.4, 0.5) is 0 Å². The van der Waals surface area contributed by atoms with Crippen LogP contribution in [0.1, 0.15) is 63.8 Å². The average molecular weight is 542 g/mol. The molecule has 193 valence electrons. The smallest absolute Gasteiger partial charge is 0.358 e. The number of benzene rings is 3. The van der Waals surface area contributed by atoms with Crippen LogP contribution < -0.4 is 15.6 Å². The van der Waals surface area contributed by atoms with E-state index < -0.39 is 8.07 Å². The van der Waals surface area contributed by atoms with Crippen molar-refractivity contribution in [2.45, 2.75) is 73.3 Å². The Labute approximate surface area is 244 Å². The molecular formula is C35H45SiTi. The molecule has 4 rings (SSSR count). The van der Waals surface area contributed by atoms with Crippen LogP contribution in [0.25, 0.3) is 0 Å². The van der Waals surface area contributed by atoms with Crippen molar-refractivity contribution in [1.82, 2.24) is 0 Å². The van der Waals surface area contributed by atoms with Crippen molar-refractivity contribution < 1.29 is 21.7 Å². The van der Waals surface area contributed by atoms with Crippen LogP contribution in [-0.2, 0) is 34.6 Å². The Morgan fingerprint density at radius 3 is 1.76 bits per heavy atom. The molecule has 0 aliphatic heterocycles. The van der Waals surface area contributed by atoms with Crippen molar-refractivity contribution in [3.8, 4) is 0 Å². The number of rotatable bonds is 6. The fourth-order valence-electron chi connectivity index (χ4n) is 6.23. The van der Waals surface area contributed by atoms with Gasteiger partial charge in [-0.1, -0.05) is 118 Å². The van der Waals surface area contributed by atoms with Gasteiger partial charge in [0, 0.05) is 0 Å². The third kappa shape index (κ3) is 5.33. The van der Waals surface area contributed by atoms with Crippen LogP contribution in [0.3, 0.4) is 0 Å². The van der Waals surface area contributed by atoms with Gasteiger partial charge in [-0.15, -0.1) is 6.92 Å². The summed E-state index contributed by atoms with van der Waals surface area (Å²) in [5.74, 6) is 0. The zero-order valence-electron chi connectivity index (χ0n) is 24.8. The zero-order valence-corrected chi connectivity index (χ0v) is 27.3. The average Bonchev–Trinajstić information content (AvgIpc) is 3.04. The summed E-state index contributed by atoms with van der Waals surface area (Å²) in [6.45, 7) is 18.5. The minimum atomic E-state index is -2.61. The van der Waals surface area contributed by atoms with Gasteiger partial charge < -0.3 is 14.9 Å². The van der Waals surface area contributed by atoms with Crippen molar-refractivity contribution in [3.05, 3.63) is 127 Å². The SMILES string of the molecule is CCc1cc(CC)cc([Si](c2ccccc2)(c2ccc(C)cc2C)C2(C)[C-]=C(C)C(C)=C2C)c1.[CH3-].[CH3-].[Ti+3]. The molecule has 0 heterocycles. The molecule has 0 nitrogen and oxygen atoms in total. The number of hydrogen-bond donors (Lipinski definition) is 0. The maximum absolute atomic E-state index is 4.09. The number of hydrogen-bond acceptors (Lipinski definition) is 0. The van der Waals surface area contributed by atoms with Crippen molar-refractivity contribution in [2.75, 3.05) is 0 Å². The molecule has 2 heteroatoms. The fourth-order valence-corrected chi connectivity index (χ4v) is 12.5. The molecule has 1 aliphatic rings. The Morgan fingerprint density at radius 2 is 1.30 bits per heavy atom. The van der Waals surface area contributed by atoms with Crippen LogP contribution in [0, 0.1) is 34.8 Å². The number of aryl methyl sites for hydroxylation is 4. The summed E-state index contributed by atoms with van der Waals surface area (Å²) in [6, 6.07) is 26.0. The summed E-state index contributed by atoms with van der Waals surface area (Å²) in [6.07, 6.45) is 6.19. The van der Waals surface area contributed by atoms with Crippen LogP contribution in [0.5, 0.6) is 0 Å². The molecule has 0 fully saturated rings. The van der Waals surface area contributed by atoms with Gasteiger partial charge in [-0.3, -0.25) is 6.08 Å². The minimum Gasteiger partial charge on any atom is -0.358 e. The van der Waals surface area contributed by atoms with Crippen molar-refractivity contribution >= 4 is 23.6 Å². The molecule has 0 saturated carbocycles. The molecule has 2 atom stereocenters. The monoisotopic (exact) mass is 541 g/mol. The maximum atomic E-state index is 4.09. The Balaban J connectivity index is 0.00000228. The summed E-state index contributed by atoms with van der Waals surface area (Å²) in [4.78, 5) is 0. The first kappa shape index (κ1) is 33.1. The zero-order chi connectivity index (χ0) is 24.7. The van der Waals surface area contributed by atoms with E-state index in [1.807, 2.05) is 0 Å². The van der Waals surface area contributed by atoms with Gasteiger partial charge in [0.05, 0.1) is 0 Å². The van der Waals surface area contributed by atoms with Crippen molar-refractivity contribution in [2.24, 2.45) is 0 Å². The van der Waals surface area contributed by atoms with E-state index in [1.54, 1.807) is 0 Å². The third-order valence-electron chi connectivity index (χ3n) is 8.36. The standard InChI is InChI=1S/C33H39Si.2CH3.Ti/c1-9-28-19-29(10-2)21-31(20-28)34(30-14-12-11-13-15-30,32-17-16-23(3)18-24(32)4)33(8)22-25(5)26(6)27(33)7;;;/h11-21H,9-10H2,1-8H3;2*1H3;/q3*-1;+3. The molecule has 0 spiro atoms. The molecule has 1 aliphatic carbocycles. The van der Waals surface area contributed by atoms with Crippen molar-refractivity contribution in [3.63, 3.8) is 0 Å². The predicted octanol–water partition coefficient (Wildman–Crippen LogP) is 7.66. The molecule has 0 aromatic heterocycles. The number of allylic oxidation sites excluding steroid dienone is 4. The van der Waals surface area contributed by atoms with Gasteiger partial charge in [-0.2, -0.15) is 11.1 Å². The van der Waals surface area contributed by atoms with E-state index in [0.717, 1.165) is 12.8 Å². The van der Waals surface area contributed by atoms with Gasteiger partial charge in [0.1, 0.15) is 8.07 Å². The first-order chi connectivity index (χ1) is 16.2. The predicted molar refractivity (Wildman–Crippen MR) is 164 cm³/mol. The molecule has 0 amide bonds. The van der Waals surface area contributed by atoms with Crippen LogP contribution in [0.15, 0.2) is 83.4 Å². The van der Waals surface area contributed by atoms with Gasteiger partial charge in [-0.05, 0) is 53.4 Å². The minimum absolute atomic E-state index is 0. The summed E-state index contributed by atoms with van der Waals surface area (Å²) in [5.41, 5.74) is 9.78. The van der Waals surface area contributed by atoms with Gasteiger partial charge in [-0.25, -0.2) is 5.57 Å². The first-order valence-corrected chi connectivity index (χ1v) is 14.8. The van der Waals surface area contributed by atoms with Gasteiger partial charge in [0.25, 0.3) is 0 Å². The van der Waals surface area contributed by atoms with Gasteiger partial charge in [0.15, 0.2) is 0 Å². The first-order valence-electron chi connectivity index (χ1n) is 12.8. The Kier molecular flexibility index (Phi) is 11.4. The molecule has 1 radical (unpaired) electrons. The summed E-state index contributed by atoms with van der Waals surface area (Å²) in [7, 11) is -2.61. The second kappa shape index (κ2) is 12.7. The topological polar surface area (TPSA) is 0 Å². The fraction of sp³-hybridized carbons (Fsp3) is 0.314. The van der Waals surface area contributed by atoms with Gasteiger partial charge >= 0.3 is 21.7 Å². The summed E-state index contributed by atoms with van der Waals surface area (Å²) in [5, 5.41) is 4.31. The van der Waals surface area contributed by atoms with E-state index in [0.29, 0.717) is 0 Å². The normalized spacial score (nSPS) is 18.2. The van der Waals surface area contributed by atoms with E-state index in [4.69, 9.17) is 0 Å². The van der Waals surface area contributed by atoms with Crippen LogP contribution in [0.2, 0.25) is 5.04 Å². The molecule has 0 bridgehead atoms. The Hall–Kier alpha value is -1.93. The molecule has 2 unspecified atom stereocenters. The Morgan fingerprint density at radius 1 is 0.730 bits per heavy atom. The summed E-state index contributed by atoms with van der Waals surface area (Å²) >= 11 is 0. The van der Waals surface area contributed by atoms with E-state index >= 15 is 0 Å². The van der Waals surface area contributed by atoms with Crippen LogP contribution in [-0.4, -0.2) is 8.07 Å². The summed E-state index contributed by atoms with van der Waals surface area (Å²) < 4.78 is 0. The second-order valence-corrected chi connectivity index (χ2v) is 14.5. The maximum Gasteiger partial charge on any atom is 3.00 e. The largest absolute Gasteiger partial charge is 3.00 e. The molecule has 0 N–H and O–H groups in total. The third-order valence-corrected chi connectivity index (χ3v) is 14.1. The molecule has 3 aromatic carbocycles. The van der Waals surface area contributed by atoms with Crippen molar-refractivity contribution in [1.29, 1.82) is 0 Å². The van der Waals surface area contributed by atoms with E-state index in [2.05, 4.69) is 128 Å². The van der Waals surface area contributed by atoms with Gasteiger partial charge in [0.2, 0.25) is 0 Å². The quantitative estimate of drug-likeness (QED) is 0.171. The van der Waals surface area contributed by atoms with E-state index in [9.17, 15) is 0 Å². The molecule has 0 saturated heterocycles. The van der Waals surface area contributed by atoms with Crippen LogP contribution >= 0.6 is 0 Å². The molecule has 37 heavy (non-hydrogen) atoms.